The number of amides is 1. The van der Waals surface area contributed by atoms with E-state index in [0.717, 1.165) is 11.1 Å². The van der Waals surface area contributed by atoms with Crippen molar-refractivity contribution in [2.75, 3.05) is 32.3 Å². The number of oxime groups is 3. The number of benzene rings is 3. The van der Waals surface area contributed by atoms with Gasteiger partial charge in [-0.05, 0) is 74.9 Å². The second-order valence-corrected chi connectivity index (χ2v) is 9.00. The van der Waals surface area contributed by atoms with E-state index in [0.29, 0.717) is 34.5 Å². The number of nitrogens with zero attached hydrogens (tertiary/aromatic N) is 4. The Labute approximate surface area is 239 Å². The van der Waals surface area contributed by atoms with Gasteiger partial charge in [0.2, 0.25) is 0 Å². The summed E-state index contributed by atoms with van der Waals surface area (Å²) in [5, 5.41) is 12.9. The molecule has 3 aromatic rings. The van der Waals surface area contributed by atoms with Crippen LogP contribution in [0.4, 0.5) is 5.69 Å². The first-order valence-corrected chi connectivity index (χ1v) is 13.0. The van der Waals surface area contributed by atoms with Crippen molar-refractivity contribution in [1.82, 2.24) is 0 Å². The molecule has 40 heavy (non-hydrogen) atoms. The number of hydrogen-bond acceptors (Lipinski definition) is 8. The minimum absolute atomic E-state index is 0.0463. The molecule has 0 aliphatic rings. The fourth-order valence-electron chi connectivity index (χ4n) is 3.59. The Bertz CT molecular complexity index is 1330. The van der Waals surface area contributed by atoms with Gasteiger partial charge in [0, 0.05) is 23.3 Å². The van der Waals surface area contributed by atoms with E-state index in [4.69, 9.17) is 30.9 Å². The topological polar surface area (TPSA) is 94.3 Å². The number of halogens is 1. The fourth-order valence-corrected chi connectivity index (χ4v) is 3.71. The highest BCUT2D eigenvalue weighted by Crippen LogP contribution is 2.23. The first kappa shape index (κ1) is 30.2. The van der Waals surface area contributed by atoms with Crippen LogP contribution in [0.3, 0.4) is 0 Å². The van der Waals surface area contributed by atoms with Gasteiger partial charge in [-0.15, -0.1) is 0 Å². The van der Waals surface area contributed by atoms with Crippen molar-refractivity contribution in [3.63, 3.8) is 0 Å². The van der Waals surface area contributed by atoms with Crippen LogP contribution in [0.1, 0.15) is 38.0 Å². The van der Waals surface area contributed by atoms with Crippen molar-refractivity contribution in [3.8, 4) is 5.75 Å². The van der Waals surface area contributed by atoms with Crippen molar-refractivity contribution in [3.05, 3.63) is 95.0 Å². The Balaban J connectivity index is 1.69. The second kappa shape index (κ2) is 15.3. The molecular formula is C30H33ClN4O5. The van der Waals surface area contributed by atoms with Crippen molar-refractivity contribution >= 4 is 40.3 Å². The quantitative estimate of drug-likeness (QED) is 0.180. The lowest BCUT2D eigenvalue weighted by atomic mass is 10.1. The highest BCUT2D eigenvalue weighted by Gasteiger charge is 2.20. The molecule has 0 radical (unpaired) electrons. The predicted molar refractivity (Wildman–Crippen MR) is 158 cm³/mol. The van der Waals surface area contributed by atoms with Crippen molar-refractivity contribution in [1.29, 1.82) is 0 Å². The average Bonchev–Trinajstić information content (AvgIpc) is 2.97. The Morgan fingerprint density at radius 1 is 0.925 bits per heavy atom. The molecule has 210 valence electrons. The lowest BCUT2D eigenvalue weighted by Crippen LogP contribution is -2.35. The van der Waals surface area contributed by atoms with Gasteiger partial charge in [0.05, 0.1) is 0 Å². The molecule has 0 bridgehead atoms. The summed E-state index contributed by atoms with van der Waals surface area (Å²) >= 11 is 5.99. The van der Waals surface area contributed by atoms with E-state index in [9.17, 15) is 4.79 Å². The van der Waals surface area contributed by atoms with Crippen LogP contribution in [0, 0.1) is 0 Å². The van der Waals surface area contributed by atoms with Gasteiger partial charge in [-0.1, -0.05) is 57.4 Å². The Kier molecular flexibility index (Phi) is 11.5. The van der Waals surface area contributed by atoms with Crippen LogP contribution in [0.5, 0.6) is 5.75 Å². The molecule has 3 rings (SSSR count). The zero-order valence-electron chi connectivity index (χ0n) is 23.2. The molecule has 0 N–H and O–H groups in total. The van der Waals surface area contributed by atoms with Gasteiger partial charge in [0.1, 0.15) is 37.0 Å². The Hall–Kier alpha value is -4.37. The number of carbonyl (C=O) groups is 1. The summed E-state index contributed by atoms with van der Waals surface area (Å²) in [5.74, 6) is 0.307. The van der Waals surface area contributed by atoms with Gasteiger partial charge in [-0.25, -0.2) is 0 Å². The number of hydrogen-bond donors (Lipinski definition) is 0. The van der Waals surface area contributed by atoms with Crippen LogP contribution in [-0.4, -0.2) is 50.4 Å². The maximum Gasteiger partial charge on any atom is 0.279 e. The Morgan fingerprint density at radius 3 is 2.23 bits per heavy atom. The molecule has 1 amide bonds. The maximum absolute atomic E-state index is 12.9. The first-order chi connectivity index (χ1) is 19.3. The molecule has 0 saturated heterocycles. The maximum atomic E-state index is 12.9. The summed E-state index contributed by atoms with van der Waals surface area (Å²) in [7, 11) is 3.01. The minimum atomic E-state index is -0.382. The number of ether oxygens (including phenoxy) is 1. The van der Waals surface area contributed by atoms with Gasteiger partial charge in [0.15, 0.2) is 12.3 Å². The molecular weight excluding hydrogens is 532 g/mol. The summed E-state index contributed by atoms with van der Waals surface area (Å²) in [6, 6.07) is 24.1. The van der Waals surface area contributed by atoms with E-state index in [-0.39, 0.29) is 24.3 Å². The van der Waals surface area contributed by atoms with E-state index in [2.05, 4.69) is 15.5 Å². The molecule has 1 atom stereocenters. The fraction of sp³-hybridized carbons (Fsp3) is 0.267. The monoisotopic (exact) mass is 564 g/mol. The van der Waals surface area contributed by atoms with Crippen molar-refractivity contribution in [2.45, 2.75) is 26.9 Å². The number of para-hydroxylation sites is 1. The largest absolute Gasteiger partial charge is 0.486 e. The molecule has 0 aliphatic carbocycles. The molecule has 0 spiro atoms. The molecule has 9 nitrogen and oxygen atoms in total. The molecule has 3 aromatic carbocycles. The van der Waals surface area contributed by atoms with E-state index in [1.54, 1.807) is 14.0 Å². The normalized spacial score (nSPS) is 12.9. The molecule has 0 aromatic heterocycles. The summed E-state index contributed by atoms with van der Waals surface area (Å²) in [4.78, 5) is 30.1. The van der Waals surface area contributed by atoms with E-state index < -0.39 is 0 Å². The van der Waals surface area contributed by atoms with Gasteiger partial charge in [-0.3, -0.25) is 4.79 Å². The summed E-state index contributed by atoms with van der Waals surface area (Å²) in [6.07, 6.45) is -0.164. The molecule has 10 heteroatoms. The summed E-state index contributed by atoms with van der Waals surface area (Å²) in [5.41, 5.74) is 3.42. The minimum Gasteiger partial charge on any atom is -0.486 e. The van der Waals surface area contributed by atoms with Crippen molar-refractivity contribution < 1.29 is 24.0 Å². The van der Waals surface area contributed by atoms with Crippen LogP contribution < -0.4 is 9.64 Å². The lowest BCUT2D eigenvalue weighted by molar-refractivity contribution is -0.112. The summed E-state index contributed by atoms with van der Waals surface area (Å²) in [6.45, 7) is 5.70. The average molecular weight is 565 g/mol. The Morgan fingerprint density at radius 2 is 1.60 bits per heavy atom. The highest BCUT2D eigenvalue weighted by molar-refractivity contribution is 6.47. The third-order valence-electron chi connectivity index (χ3n) is 5.71. The van der Waals surface area contributed by atoms with Gasteiger partial charge >= 0.3 is 0 Å². The number of rotatable bonds is 13. The SMILES string of the molecule is CCON=C(C(C)=NOCC(=NOC)C(=O)N(C)c1ccccc1)c1ccc(OC(C)c2ccc(Cl)cc2)cc1. The van der Waals surface area contributed by atoms with Crippen molar-refractivity contribution in [2.24, 2.45) is 15.5 Å². The van der Waals surface area contributed by atoms with Gasteiger partial charge in [-0.2, -0.15) is 0 Å². The highest BCUT2D eigenvalue weighted by atomic mass is 35.5. The van der Waals surface area contributed by atoms with Gasteiger partial charge in [0.25, 0.3) is 5.91 Å². The van der Waals surface area contributed by atoms with Crippen LogP contribution >= 0.6 is 11.6 Å². The van der Waals surface area contributed by atoms with Gasteiger partial charge < -0.3 is 24.1 Å². The smallest absolute Gasteiger partial charge is 0.279 e. The summed E-state index contributed by atoms with van der Waals surface area (Å²) < 4.78 is 6.07. The van der Waals surface area contributed by atoms with Crippen LogP contribution in [0.15, 0.2) is 94.3 Å². The van der Waals surface area contributed by atoms with Crippen LogP contribution in [0.2, 0.25) is 5.02 Å². The predicted octanol–water partition coefficient (Wildman–Crippen LogP) is 6.28. The standard InChI is InChI=1S/C30H33ClN4O5/c1-6-38-34-29(24-14-18-27(19-15-24)40-22(3)23-12-16-25(31)17-13-23)21(2)32-39-20-28(33-37-5)30(36)35(4)26-10-8-7-9-11-26/h7-19,22H,6,20H2,1-5H3. The third kappa shape index (κ3) is 8.57. The van der Waals surface area contributed by atoms with Crippen LogP contribution in [0.25, 0.3) is 0 Å². The zero-order valence-corrected chi connectivity index (χ0v) is 24.0. The van der Waals surface area contributed by atoms with E-state index in [1.807, 2.05) is 92.7 Å². The molecule has 0 fully saturated rings. The molecule has 1 unspecified atom stereocenters. The second-order valence-electron chi connectivity index (χ2n) is 8.56. The molecule has 0 heterocycles. The third-order valence-corrected chi connectivity index (χ3v) is 5.96. The number of carbonyl (C=O) groups excluding carboxylic acids is 1. The number of anilines is 1. The molecule has 0 saturated carbocycles. The zero-order chi connectivity index (χ0) is 28.9. The lowest BCUT2D eigenvalue weighted by Gasteiger charge is -2.17. The molecule has 0 aliphatic heterocycles. The van der Waals surface area contributed by atoms with E-state index >= 15 is 0 Å². The van der Waals surface area contributed by atoms with Crippen LogP contribution in [-0.2, 0) is 19.3 Å². The van der Waals surface area contributed by atoms with E-state index in [1.165, 1.54) is 12.0 Å². The first-order valence-electron chi connectivity index (χ1n) is 12.7.